The van der Waals surface area contributed by atoms with E-state index < -0.39 is 24.0 Å². The van der Waals surface area contributed by atoms with Crippen LogP contribution in [0.2, 0.25) is 0 Å². The predicted molar refractivity (Wildman–Crippen MR) is 130 cm³/mol. The van der Waals surface area contributed by atoms with E-state index >= 15 is 0 Å². The van der Waals surface area contributed by atoms with Gasteiger partial charge in [0.25, 0.3) is 0 Å². The number of methoxy groups -OCH3 is 1. The highest BCUT2D eigenvalue weighted by atomic mass is 19.1. The Balaban J connectivity index is 2.01. The van der Waals surface area contributed by atoms with E-state index in [4.69, 9.17) is 25.7 Å². The molecule has 3 atom stereocenters. The van der Waals surface area contributed by atoms with Gasteiger partial charge in [0.05, 0.1) is 32.0 Å². The van der Waals surface area contributed by atoms with Gasteiger partial charge in [-0.3, -0.25) is 4.79 Å². The minimum Gasteiger partial charge on any atom is -0.493 e. The van der Waals surface area contributed by atoms with Crippen molar-refractivity contribution in [3.8, 4) is 16.9 Å². The van der Waals surface area contributed by atoms with Gasteiger partial charge in [-0.25, -0.2) is 4.39 Å². The normalized spacial score (nSPS) is 14.1. The minimum atomic E-state index is -0.902. The summed E-state index contributed by atoms with van der Waals surface area (Å²) in [5, 5.41) is 10.4. The quantitative estimate of drug-likeness (QED) is 0.340. The number of aliphatic hydroxyl groups excluding tert-OH is 1. The highest BCUT2D eigenvalue weighted by Crippen LogP contribution is 2.32. The maximum atomic E-state index is 13.4. The number of hydrogen-bond donors (Lipinski definition) is 3. The van der Waals surface area contributed by atoms with Crippen molar-refractivity contribution in [3.05, 3.63) is 53.8 Å². The van der Waals surface area contributed by atoms with Crippen molar-refractivity contribution in [2.45, 2.75) is 45.4 Å². The third kappa shape index (κ3) is 8.68. The minimum absolute atomic E-state index is 0.0159. The molecular formula is C26H37FN2O5. The zero-order valence-corrected chi connectivity index (χ0v) is 20.2. The molecule has 188 valence electrons. The number of amides is 1. The molecule has 5 N–H and O–H groups in total. The Kier molecular flexibility index (Phi) is 11.4. The molecule has 34 heavy (non-hydrogen) atoms. The Bertz CT molecular complexity index is 891. The fourth-order valence-electron chi connectivity index (χ4n) is 3.61. The summed E-state index contributed by atoms with van der Waals surface area (Å²) in [6, 6.07) is 11.3. The standard InChI is InChI=1S/C26H37FN2O5/c1-17(2)22(26(29)31)14-24(30)23(28)16-33-15-18-5-10-21(19-6-8-20(27)9-7-19)25(13-18)34-12-4-11-32-3/h5-10,13,17,22-24,30H,4,11-12,14-16,28H2,1-3H3,(H2,29,31). The fourth-order valence-corrected chi connectivity index (χ4v) is 3.61. The molecule has 2 aromatic carbocycles. The summed E-state index contributed by atoms with van der Waals surface area (Å²) in [4.78, 5) is 11.6. The molecule has 3 unspecified atom stereocenters. The predicted octanol–water partition coefficient (Wildman–Crippen LogP) is 3.26. The largest absolute Gasteiger partial charge is 0.493 e. The van der Waals surface area contributed by atoms with E-state index in [1.54, 1.807) is 19.2 Å². The van der Waals surface area contributed by atoms with Gasteiger partial charge < -0.3 is 30.8 Å². The first-order valence-electron chi connectivity index (χ1n) is 11.5. The summed E-state index contributed by atoms with van der Waals surface area (Å²) in [6.07, 6.45) is 0.0270. The topological polar surface area (TPSA) is 117 Å². The molecular weight excluding hydrogens is 439 g/mol. The summed E-state index contributed by atoms with van der Waals surface area (Å²) in [5.41, 5.74) is 14.1. The van der Waals surface area contributed by atoms with E-state index in [0.717, 1.165) is 23.1 Å². The van der Waals surface area contributed by atoms with E-state index in [2.05, 4.69) is 0 Å². The van der Waals surface area contributed by atoms with Crippen molar-refractivity contribution in [2.24, 2.45) is 23.3 Å². The second kappa shape index (κ2) is 14.0. The lowest BCUT2D eigenvalue weighted by Gasteiger charge is -2.24. The number of rotatable bonds is 15. The van der Waals surface area contributed by atoms with Crippen LogP contribution in [0.4, 0.5) is 4.39 Å². The molecule has 0 aliphatic heterocycles. The molecule has 0 saturated heterocycles. The van der Waals surface area contributed by atoms with Crippen LogP contribution in [0.3, 0.4) is 0 Å². The first kappa shape index (κ1) is 27.7. The third-order valence-corrected chi connectivity index (χ3v) is 5.69. The van der Waals surface area contributed by atoms with Crippen molar-refractivity contribution in [3.63, 3.8) is 0 Å². The van der Waals surface area contributed by atoms with E-state index in [9.17, 15) is 14.3 Å². The van der Waals surface area contributed by atoms with Crippen molar-refractivity contribution in [1.82, 2.24) is 0 Å². The molecule has 0 heterocycles. The van der Waals surface area contributed by atoms with Crippen molar-refractivity contribution in [2.75, 3.05) is 26.9 Å². The van der Waals surface area contributed by atoms with E-state index in [-0.39, 0.29) is 31.4 Å². The number of carbonyl (C=O) groups excluding carboxylic acids is 1. The number of carbonyl (C=O) groups is 1. The van der Waals surface area contributed by atoms with E-state index in [1.807, 2.05) is 32.0 Å². The highest BCUT2D eigenvalue weighted by Gasteiger charge is 2.26. The molecule has 0 fully saturated rings. The van der Waals surface area contributed by atoms with Crippen LogP contribution in [0.1, 0.15) is 32.3 Å². The Morgan fingerprint density at radius 2 is 1.82 bits per heavy atom. The van der Waals surface area contributed by atoms with Crippen LogP contribution < -0.4 is 16.2 Å². The lowest BCUT2D eigenvalue weighted by molar-refractivity contribution is -0.124. The molecule has 7 nitrogen and oxygen atoms in total. The number of aliphatic hydroxyl groups is 1. The molecule has 8 heteroatoms. The van der Waals surface area contributed by atoms with Gasteiger partial charge in [0.15, 0.2) is 0 Å². The van der Waals surface area contributed by atoms with Crippen LogP contribution in [0.15, 0.2) is 42.5 Å². The van der Waals surface area contributed by atoms with E-state index in [1.165, 1.54) is 12.1 Å². The average Bonchev–Trinajstić information content (AvgIpc) is 2.80. The van der Waals surface area contributed by atoms with Gasteiger partial charge in [-0.05, 0) is 41.7 Å². The Morgan fingerprint density at radius 1 is 1.12 bits per heavy atom. The Labute approximate surface area is 201 Å². The van der Waals surface area contributed by atoms with Crippen LogP contribution in [0.25, 0.3) is 11.1 Å². The molecule has 1 amide bonds. The summed E-state index contributed by atoms with van der Waals surface area (Å²) < 4.78 is 30.1. The van der Waals surface area contributed by atoms with E-state index in [0.29, 0.717) is 19.0 Å². The monoisotopic (exact) mass is 476 g/mol. The first-order chi connectivity index (χ1) is 16.2. The van der Waals surface area contributed by atoms with Crippen LogP contribution >= 0.6 is 0 Å². The first-order valence-corrected chi connectivity index (χ1v) is 11.5. The summed E-state index contributed by atoms with van der Waals surface area (Å²) in [6.45, 7) is 5.21. The molecule has 0 saturated carbocycles. The molecule has 2 aromatic rings. The number of primary amides is 1. The van der Waals surface area contributed by atoms with Crippen molar-refractivity contribution >= 4 is 5.91 Å². The van der Waals surface area contributed by atoms with Crippen LogP contribution in [0, 0.1) is 17.7 Å². The fraction of sp³-hybridized carbons (Fsp3) is 0.500. The molecule has 2 rings (SSSR count). The lowest BCUT2D eigenvalue weighted by Crippen LogP contribution is -2.42. The molecule has 0 aliphatic carbocycles. The maximum Gasteiger partial charge on any atom is 0.220 e. The Hall–Kier alpha value is -2.52. The summed E-state index contributed by atoms with van der Waals surface area (Å²) in [5.74, 6) is -0.513. The number of ether oxygens (including phenoxy) is 3. The third-order valence-electron chi connectivity index (χ3n) is 5.69. The van der Waals surface area contributed by atoms with Gasteiger partial charge in [-0.2, -0.15) is 0 Å². The number of benzene rings is 2. The number of hydrogen-bond acceptors (Lipinski definition) is 6. The molecule has 0 aliphatic rings. The van der Waals surface area contributed by atoms with Gasteiger partial charge in [0.2, 0.25) is 5.91 Å². The summed E-state index contributed by atoms with van der Waals surface area (Å²) in [7, 11) is 1.64. The van der Waals surface area contributed by atoms with Crippen molar-refractivity contribution < 1.29 is 28.5 Å². The van der Waals surface area contributed by atoms with Gasteiger partial charge >= 0.3 is 0 Å². The van der Waals surface area contributed by atoms with Gasteiger partial charge in [-0.15, -0.1) is 0 Å². The zero-order valence-electron chi connectivity index (χ0n) is 20.2. The van der Waals surface area contributed by atoms with Gasteiger partial charge in [0, 0.05) is 31.6 Å². The molecule has 0 bridgehead atoms. The van der Waals surface area contributed by atoms with Gasteiger partial charge in [-0.1, -0.05) is 38.1 Å². The lowest BCUT2D eigenvalue weighted by atomic mass is 9.88. The second-order valence-electron chi connectivity index (χ2n) is 8.77. The van der Waals surface area contributed by atoms with Crippen molar-refractivity contribution in [1.29, 1.82) is 0 Å². The zero-order chi connectivity index (χ0) is 25.1. The number of halogens is 1. The second-order valence-corrected chi connectivity index (χ2v) is 8.77. The average molecular weight is 477 g/mol. The van der Waals surface area contributed by atoms with Crippen LogP contribution in [0.5, 0.6) is 5.75 Å². The molecule has 0 radical (unpaired) electrons. The number of nitrogens with two attached hydrogens (primary N) is 2. The van der Waals surface area contributed by atoms with Gasteiger partial charge in [0.1, 0.15) is 11.6 Å². The smallest absolute Gasteiger partial charge is 0.220 e. The maximum absolute atomic E-state index is 13.4. The molecule has 0 spiro atoms. The Morgan fingerprint density at radius 3 is 2.44 bits per heavy atom. The highest BCUT2D eigenvalue weighted by molar-refractivity contribution is 5.76. The van der Waals surface area contributed by atoms with Crippen LogP contribution in [-0.2, 0) is 20.9 Å². The molecule has 0 aromatic heterocycles. The van der Waals surface area contributed by atoms with Crippen LogP contribution in [-0.4, -0.2) is 50.1 Å². The summed E-state index contributed by atoms with van der Waals surface area (Å²) >= 11 is 0. The SMILES string of the molecule is COCCCOc1cc(COCC(N)C(O)CC(C(N)=O)C(C)C)ccc1-c1ccc(F)cc1.